The number of ether oxygens (including phenoxy) is 1. The van der Waals surface area contributed by atoms with Crippen LogP contribution in [0.3, 0.4) is 0 Å². The molecule has 0 unspecified atom stereocenters. The molecule has 0 saturated carbocycles. The molecule has 6 nitrogen and oxygen atoms in total. The molecule has 0 radical (unpaired) electrons. The van der Waals surface area contributed by atoms with Crippen molar-refractivity contribution in [3.8, 4) is 5.75 Å². The van der Waals surface area contributed by atoms with Crippen molar-refractivity contribution in [1.82, 2.24) is 9.80 Å². The van der Waals surface area contributed by atoms with E-state index in [1.54, 1.807) is 29.2 Å². The lowest BCUT2D eigenvalue weighted by molar-refractivity contribution is 0.138. The number of fused-ring (bicyclic) bond motifs is 1. The lowest BCUT2D eigenvalue weighted by atomic mass is 10.0. The summed E-state index contributed by atoms with van der Waals surface area (Å²) in [5.41, 5.74) is 2.29. The quantitative estimate of drug-likeness (QED) is 0.542. The van der Waals surface area contributed by atoms with Gasteiger partial charge in [0.15, 0.2) is 0 Å². The molecule has 0 N–H and O–H groups in total. The van der Waals surface area contributed by atoms with E-state index in [-0.39, 0.29) is 23.3 Å². The molecule has 5 rings (SSSR count). The number of hydrogen-bond acceptors (Lipinski definition) is 4. The van der Waals surface area contributed by atoms with Crippen molar-refractivity contribution in [3.63, 3.8) is 0 Å². The van der Waals surface area contributed by atoms with Crippen LogP contribution in [-0.2, 0) is 6.42 Å². The van der Waals surface area contributed by atoms with E-state index in [0.717, 1.165) is 81.2 Å². The van der Waals surface area contributed by atoms with Gasteiger partial charge in [0.1, 0.15) is 23.0 Å². The average molecular weight is 485 g/mol. The van der Waals surface area contributed by atoms with Gasteiger partial charge in [0.2, 0.25) is 0 Å². The molecule has 8 heteroatoms. The zero-order chi connectivity index (χ0) is 24.6. The Bertz CT molecular complexity index is 1070. The lowest BCUT2D eigenvalue weighted by Crippen LogP contribution is -2.46. The zero-order valence-corrected chi connectivity index (χ0v) is 20.6. The van der Waals surface area contributed by atoms with E-state index in [9.17, 15) is 13.6 Å². The topological polar surface area (TPSA) is 39.3 Å². The average Bonchev–Trinajstić information content (AvgIpc) is 3.34. The standard InChI is InChI=1S/C27H34F2N4O2/c1-27(2)19-20-17-22(29)18-24(25(20)35-27)31-13-11-30(12-14-31)9-3-4-10-32-15-16-33(26(32)34)23-7-5-21(28)6-8-23/h5-8,17-18H,3-4,9-16,19H2,1-2H3. The van der Waals surface area contributed by atoms with E-state index in [4.69, 9.17) is 4.74 Å². The first-order chi connectivity index (χ1) is 16.8. The fraction of sp³-hybridized carbons (Fsp3) is 0.519. The summed E-state index contributed by atoms with van der Waals surface area (Å²) >= 11 is 0. The predicted molar refractivity (Wildman–Crippen MR) is 133 cm³/mol. The Morgan fingerprint density at radius 2 is 1.60 bits per heavy atom. The molecule has 3 aliphatic heterocycles. The van der Waals surface area contributed by atoms with Crippen LogP contribution in [0.25, 0.3) is 0 Å². The van der Waals surface area contributed by atoms with Gasteiger partial charge in [0.05, 0.1) is 5.69 Å². The molecule has 3 aliphatic rings. The van der Waals surface area contributed by atoms with E-state index in [1.165, 1.54) is 12.1 Å². The van der Waals surface area contributed by atoms with Crippen molar-refractivity contribution in [2.24, 2.45) is 0 Å². The summed E-state index contributed by atoms with van der Waals surface area (Å²) in [5.74, 6) is 0.349. The number of rotatable bonds is 7. The second kappa shape index (κ2) is 9.64. The van der Waals surface area contributed by atoms with Gasteiger partial charge in [-0.1, -0.05) is 0 Å². The Morgan fingerprint density at radius 1 is 0.886 bits per heavy atom. The van der Waals surface area contributed by atoms with Crippen LogP contribution in [0.5, 0.6) is 5.75 Å². The first kappa shape index (κ1) is 23.9. The van der Waals surface area contributed by atoms with Crippen molar-refractivity contribution < 1.29 is 18.3 Å². The molecule has 3 heterocycles. The molecule has 0 atom stereocenters. The fourth-order valence-electron chi connectivity index (χ4n) is 5.39. The van der Waals surface area contributed by atoms with Crippen LogP contribution in [0.2, 0.25) is 0 Å². The molecule has 2 aromatic carbocycles. The summed E-state index contributed by atoms with van der Waals surface area (Å²) < 4.78 is 33.6. The summed E-state index contributed by atoms with van der Waals surface area (Å²) in [5, 5.41) is 0. The van der Waals surface area contributed by atoms with E-state index in [0.29, 0.717) is 13.1 Å². The molecule has 35 heavy (non-hydrogen) atoms. The van der Waals surface area contributed by atoms with Gasteiger partial charge in [-0.25, -0.2) is 13.6 Å². The van der Waals surface area contributed by atoms with Crippen molar-refractivity contribution in [1.29, 1.82) is 0 Å². The fourth-order valence-corrected chi connectivity index (χ4v) is 5.39. The maximum atomic E-state index is 14.3. The second-order valence-corrected chi connectivity index (χ2v) is 10.4. The maximum absolute atomic E-state index is 14.3. The number of amides is 2. The number of unbranched alkanes of at least 4 members (excludes halogenated alkanes) is 1. The number of carbonyl (C=O) groups is 1. The number of nitrogens with zero attached hydrogens (tertiary/aromatic N) is 4. The van der Waals surface area contributed by atoms with Gasteiger partial charge >= 0.3 is 6.03 Å². The number of urea groups is 1. The summed E-state index contributed by atoms with van der Waals surface area (Å²) in [6, 6.07) is 9.30. The highest BCUT2D eigenvalue weighted by atomic mass is 19.1. The molecule has 0 bridgehead atoms. The van der Waals surface area contributed by atoms with Crippen LogP contribution in [0.1, 0.15) is 32.3 Å². The van der Waals surface area contributed by atoms with Crippen LogP contribution in [-0.4, -0.2) is 73.8 Å². The monoisotopic (exact) mass is 484 g/mol. The molecular weight excluding hydrogens is 450 g/mol. The van der Waals surface area contributed by atoms with E-state index in [2.05, 4.69) is 9.80 Å². The molecule has 2 amide bonds. The maximum Gasteiger partial charge on any atom is 0.324 e. The van der Waals surface area contributed by atoms with Crippen molar-refractivity contribution in [2.45, 2.75) is 38.7 Å². The molecule has 2 fully saturated rings. The highest BCUT2D eigenvalue weighted by Crippen LogP contribution is 2.43. The summed E-state index contributed by atoms with van der Waals surface area (Å²) in [4.78, 5) is 21.0. The molecule has 0 aliphatic carbocycles. The van der Waals surface area contributed by atoms with Gasteiger partial charge in [0.25, 0.3) is 0 Å². The van der Waals surface area contributed by atoms with Crippen LogP contribution < -0.4 is 14.5 Å². The van der Waals surface area contributed by atoms with Crippen LogP contribution in [0.15, 0.2) is 36.4 Å². The normalized spacial score (nSPS) is 19.9. The van der Waals surface area contributed by atoms with Crippen molar-refractivity contribution in [2.75, 3.05) is 62.2 Å². The molecule has 2 saturated heterocycles. The molecule has 0 aromatic heterocycles. The van der Waals surface area contributed by atoms with Gasteiger partial charge in [-0.05, 0) is 63.6 Å². The van der Waals surface area contributed by atoms with Crippen LogP contribution in [0.4, 0.5) is 25.0 Å². The van der Waals surface area contributed by atoms with Crippen LogP contribution >= 0.6 is 0 Å². The molecule has 188 valence electrons. The van der Waals surface area contributed by atoms with Crippen molar-refractivity contribution >= 4 is 17.4 Å². The van der Waals surface area contributed by atoms with Gasteiger partial charge < -0.3 is 14.5 Å². The summed E-state index contributed by atoms with van der Waals surface area (Å²) in [6.45, 7) is 10.7. The Labute approximate surface area is 206 Å². The summed E-state index contributed by atoms with van der Waals surface area (Å²) in [6.07, 6.45) is 2.70. The van der Waals surface area contributed by atoms with E-state index >= 15 is 0 Å². The number of piperazine rings is 1. The molecule has 0 spiro atoms. The second-order valence-electron chi connectivity index (χ2n) is 10.4. The molecular formula is C27H34F2N4O2. The predicted octanol–water partition coefficient (Wildman–Crippen LogP) is 4.52. The van der Waals surface area contributed by atoms with Gasteiger partial charge in [-0.3, -0.25) is 9.80 Å². The highest BCUT2D eigenvalue weighted by Gasteiger charge is 2.34. The largest absolute Gasteiger partial charge is 0.485 e. The van der Waals surface area contributed by atoms with E-state index in [1.807, 2.05) is 18.7 Å². The highest BCUT2D eigenvalue weighted by molar-refractivity contribution is 5.94. The Balaban J connectivity index is 1.06. The van der Waals surface area contributed by atoms with Crippen LogP contribution in [0, 0.1) is 11.6 Å². The Kier molecular flexibility index (Phi) is 6.57. The third kappa shape index (κ3) is 5.22. The van der Waals surface area contributed by atoms with Crippen molar-refractivity contribution in [3.05, 3.63) is 53.6 Å². The first-order valence-electron chi connectivity index (χ1n) is 12.6. The van der Waals surface area contributed by atoms with Gasteiger partial charge in [-0.2, -0.15) is 0 Å². The smallest absolute Gasteiger partial charge is 0.324 e. The number of benzene rings is 2. The Morgan fingerprint density at radius 3 is 2.34 bits per heavy atom. The molecule has 2 aromatic rings. The first-order valence-corrected chi connectivity index (χ1v) is 12.6. The minimum Gasteiger partial charge on any atom is -0.485 e. The van der Waals surface area contributed by atoms with Gasteiger partial charge in [0, 0.05) is 69.6 Å². The number of carbonyl (C=O) groups excluding carboxylic acids is 1. The SMILES string of the molecule is CC1(C)Cc2cc(F)cc(N3CCN(CCCCN4CCN(c5ccc(F)cc5)C4=O)CC3)c2O1. The van der Waals surface area contributed by atoms with E-state index < -0.39 is 0 Å². The summed E-state index contributed by atoms with van der Waals surface area (Å²) in [7, 11) is 0. The third-order valence-corrected chi connectivity index (χ3v) is 7.20. The number of anilines is 2. The minimum atomic E-state index is -0.296. The third-order valence-electron chi connectivity index (χ3n) is 7.20. The Hall–Kier alpha value is -2.87. The zero-order valence-electron chi connectivity index (χ0n) is 20.6. The minimum absolute atomic E-state index is 0.00163. The lowest BCUT2D eigenvalue weighted by Gasteiger charge is -2.37. The van der Waals surface area contributed by atoms with Gasteiger partial charge in [-0.15, -0.1) is 0 Å². The number of halogens is 2. The number of hydrogen-bond donors (Lipinski definition) is 0.